The number of quaternary nitrogens is 1. The Morgan fingerprint density at radius 3 is 2.32 bits per heavy atom. The second-order valence-corrected chi connectivity index (χ2v) is 8.77. The highest BCUT2D eigenvalue weighted by atomic mass is 35.5. The van der Waals surface area contributed by atoms with E-state index in [2.05, 4.69) is 31.5 Å². The molecule has 1 amide bonds. The summed E-state index contributed by atoms with van der Waals surface area (Å²) in [6, 6.07) is 13.9. The molecule has 1 aliphatic carbocycles. The summed E-state index contributed by atoms with van der Waals surface area (Å²) in [7, 11) is 4.65. The third-order valence-corrected chi connectivity index (χ3v) is 6.38. The summed E-state index contributed by atoms with van der Waals surface area (Å²) in [4.78, 5) is 12.5. The van der Waals surface area contributed by atoms with Crippen LogP contribution in [0.4, 0.5) is 5.69 Å². The molecule has 1 saturated carbocycles. The second kappa shape index (κ2) is 9.98. The molecule has 0 radical (unpaired) electrons. The van der Waals surface area contributed by atoms with Crippen molar-refractivity contribution in [2.24, 2.45) is 0 Å². The zero-order valence-corrected chi connectivity index (χ0v) is 18.6. The number of hydrogen-bond acceptors (Lipinski definition) is 1. The predicted octanol–water partition coefficient (Wildman–Crippen LogP) is 3.16. The lowest BCUT2D eigenvalue weighted by Crippen LogP contribution is -3.00. The number of halogens is 3. The number of carbonyl (C=O) groups is 1. The minimum absolute atomic E-state index is 0. The highest BCUT2D eigenvalue weighted by Crippen LogP contribution is 2.28. The Hall–Kier alpha value is -1.26. The van der Waals surface area contributed by atoms with Crippen molar-refractivity contribution in [1.29, 1.82) is 0 Å². The molecule has 1 aliphatic rings. The first-order chi connectivity index (χ1) is 12.9. The Balaban J connectivity index is 0.00000280. The molecule has 0 aromatic heterocycles. The van der Waals surface area contributed by atoms with Gasteiger partial charge in [-0.25, -0.2) is 0 Å². The van der Waals surface area contributed by atoms with Gasteiger partial charge in [-0.15, -0.1) is 0 Å². The van der Waals surface area contributed by atoms with E-state index in [9.17, 15) is 4.79 Å². The van der Waals surface area contributed by atoms with Crippen LogP contribution in [0.5, 0.6) is 0 Å². The van der Waals surface area contributed by atoms with Gasteiger partial charge in [-0.05, 0) is 49.9 Å². The van der Waals surface area contributed by atoms with E-state index in [1.165, 1.54) is 37.7 Å². The van der Waals surface area contributed by atoms with Crippen molar-refractivity contribution >= 4 is 34.8 Å². The average Bonchev–Trinajstić information content (AvgIpc) is 2.66. The van der Waals surface area contributed by atoms with Gasteiger partial charge in [-0.2, -0.15) is 0 Å². The first-order valence-electron chi connectivity index (χ1n) is 9.54. The van der Waals surface area contributed by atoms with E-state index < -0.39 is 0 Å². The van der Waals surface area contributed by atoms with Gasteiger partial charge in [0.2, 0.25) is 0 Å². The van der Waals surface area contributed by atoms with Gasteiger partial charge in [0.15, 0.2) is 0 Å². The summed E-state index contributed by atoms with van der Waals surface area (Å²) >= 11 is 12.1. The lowest BCUT2D eigenvalue weighted by molar-refractivity contribution is -0.929. The Bertz CT molecular complexity index is 800. The van der Waals surface area contributed by atoms with Crippen LogP contribution in [0, 0.1) is 0 Å². The molecule has 0 saturated heterocycles. The molecule has 1 N–H and O–H groups in total. The van der Waals surface area contributed by atoms with Crippen molar-refractivity contribution in [3.63, 3.8) is 0 Å². The molecular weight excluding hydrogens is 415 g/mol. The van der Waals surface area contributed by atoms with Gasteiger partial charge in [0.05, 0.1) is 35.7 Å². The zero-order chi connectivity index (χ0) is 19.4. The van der Waals surface area contributed by atoms with Crippen LogP contribution in [0.2, 0.25) is 10.0 Å². The first-order valence-corrected chi connectivity index (χ1v) is 10.3. The fourth-order valence-corrected chi connectivity index (χ4v) is 4.34. The van der Waals surface area contributed by atoms with E-state index >= 15 is 0 Å². The van der Waals surface area contributed by atoms with Gasteiger partial charge in [0, 0.05) is 11.3 Å². The van der Waals surface area contributed by atoms with E-state index in [0.717, 1.165) is 22.8 Å². The third-order valence-electron chi connectivity index (χ3n) is 5.56. The van der Waals surface area contributed by atoms with Gasteiger partial charge in [0.1, 0.15) is 6.54 Å². The lowest BCUT2D eigenvalue weighted by atomic mass is 9.92. The largest absolute Gasteiger partial charge is 1.00 e. The fourth-order valence-electron chi connectivity index (χ4n) is 3.95. The maximum atomic E-state index is 12.5. The van der Waals surface area contributed by atoms with Crippen molar-refractivity contribution in [1.82, 2.24) is 0 Å². The topological polar surface area (TPSA) is 29.1 Å². The van der Waals surface area contributed by atoms with E-state index in [1.54, 1.807) is 18.2 Å². The summed E-state index contributed by atoms with van der Waals surface area (Å²) in [5.41, 5.74) is 2.41. The predicted molar refractivity (Wildman–Crippen MR) is 114 cm³/mol. The number of hydrogen-bond donors (Lipinski definition) is 1. The molecule has 0 aliphatic heterocycles. The summed E-state index contributed by atoms with van der Waals surface area (Å²) in [5, 5.41) is 3.55. The molecule has 3 nitrogen and oxygen atoms in total. The van der Waals surface area contributed by atoms with Crippen LogP contribution in [0.3, 0.4) is 0 Å². The highest BCUT2D eigenvalue weighted by molar-refractivity contribution is 6.44. The summed E-state index contributed by atoms with van der Waals surface area (Å²) < 4.78 is 1.02. The van der Waals surface area contributed by atoms with Crippen molar-refractivity contribution in [3.05, 3.63) is 63.6 Å². The number of nitrogens with one attached hydrogen (secondary N) is 1. The maximum Gasteiger partial charge on any atom is 0.257 e. The maximum absolute atomic E-state index is 12.5. The average molecular weight is 442 g/mol. The van der Waals surface area contributed by atoms with Gasteiger partial charge in [-0.1, -0.05) is 47.8 Å². The molecule has 6 heteroatoms. The number of nitrogens with zero attached hydrogens (tertiary/aromatic N) is 1. The van der Waals surface area contributed by atoms with Crippen LogP contribution >= 0.6 is 23.2 Å². The number of amides is 1. The molecule has 0 unspecified atom stereocenters. The summed E-state index contributed by atoms with van der Waals surface area (Å²) in [6.45, 7) is 0.999. The molecule has 152 valence electrons. The molecule has 28 heavy (non-hydrogen) atoms. The molecule has 0 spiro atoms. The normalized spacial score (nSPS) is 15.0. The minimum atomic E-state index is -0.256. The first kappa shape index (κ1) is 23.0. The highest BCUT2D eigenvalue weighted by Gasteiger charge is 2.29. The Kier molecular flexibility index (Phi) is 8.20. The monoisotopic (exact) mass is 440 g/mol. The van der Waals surface area contributed by atoms with E-state index in [0.29, 0.717) is 10.6 Å². The van der Waals surface area contributed by atoms with Crippen LogP contribution in [0.15, 0.2) is 42.5 Å². The molecule has 0 bridgehead atoms. The van der Waals surface area contributed by atoms with E-state index in [-0.39, 0.29) is 23.3 Å². The van der Waals surface area contributed by atoms with Crippen molar-refractivity contribution in [2.45, 2.75) is 44.7 Å². The van der Waals surface area contributed by atoms with Crippen LogP contribution in [0.25, 0.3) is 0 Å². The molecule has 2 aromatic carbocycles. The molecule has 0 heterocycles. The van der Waals surface area contributed by atoms with Crippen LogP contribution in [-0.2, 0) is 6.54 Å². The molecule has 1 fully saturated rings. The number of carbonyl (C=O) groups excluding carboxylic acids is 1. The van der Waals surface area contributed by atoms with E-state index in [4.69, 9.17) is 23.2 Å². The number of anilines is 1. The molecular formula is C22H27Cl3N2O. The number of benzene rings is 2. The quantitative estimate of drug-likeness (QED) is 0.710. The van der Waals surface area contributed by atoms with Gasteiger partial charge in [-0.3, -0.25) is 4.79 Å². The Labute approximate surface area is 184 Å². The molecule has 2 aromatic rings. The van der Waals surface area contributed by atoms with Crippen LogP contribution in [0.1, 0.15) is 48.0 Å². The standard InChI is InChI=1S/C22H26Cl2N2O.ClH/c1-26(2,18-7-4-3-5-8-18)15-16-11-13-17(14-12-16)25-22(27)19-9-6-10-20(23)21(19)24;/h6,9-14,18H,3-5,7-8,15H2,1-2H3;1H. The van der Waals surface area contributed by atoms with Crippen LogP contribution < -0.4 is 17.7 Å². The smallest absolute Gasteiger partial charge is 0.257 e. The van der Waals surface area contributed by atoms with Crippen LogP contribution in [-0.4, -0.2) is 30.5 Å². The van der Waals surface area contributed by atoms with Crippen molar-refractivity contribution in [3.8, 4) is 0 Å². The second-order valence-electron chi connectivity index (χ2n) is 7.98. The van der Waals surface area contributed by atoms with Crippen molar-refractivity contribution < 1.29 is 21.7 Å². The summed E-state index contributed by atoms with van der Waals surface area (Å²) in [5.74, 6) is -0.256. The van der Waals surface area contributed by atoms with Gasteiger partial charge < -0.3 is 22.2 Å². The van der Waals surface area contributed by atoms with Gasteiger partial charge in [0.25, 0.3) is 5.91 Å². The van der Waals surface area contributed by atoms with E-state index in [1.807, 2.05) is 12.1 Å². The summed E-state index contributed by atoms with van der Waals surface area (Å²) in [6.07, 6.45) is 6.72. The van der Waals surface area contributed by atoms with Crippen molar-refractivity contribution in [2.75, 3.05) is 19.4 Å². The molecule has 0 atom stereocenters. The Morgan fingerprint density at radius 1 is 1.04 bits per heavy atom. The number of rotatable bonds is 5. The molecule has 3 rings (SSSR count). The minimum Gasteiger partial charge on any atom is -1.00 e. The third kappa shape index (κ3) is 5.64. The van der Waals surface area contributed by atoms with Gasteiger partial charge >= 0.3 is 0 Å². The SMILES string of the molecule is C[N+](C)(Cc1ccc(NC(=O)c2cccc(Cl)c2Cl)cc1)C1CCCCC1.[Cl-]. The zero-order valence-electron chi connectivity index (χ0n) is 16.4. The lowest BCUT2D eigenvalue weighted by Gasteiger charge is -2.40. The Morgan fingerprint density at radius 2 is 1.68 bits per heavy atom. The fraction of sp³-hybridized carbons (Fsp3) is 0.409.